The first-order valence-corrected chi connectivity index (χ1v) is 9.71. The number of nitrogens with one attached hydrogen (secondary N) is 1. The van der Waals surface area contributed by atoms with Gasteiger partial charge in [-0.05, 0) is 55.7 Å². The topological polar surface area (TPSA) is 71.8 Å². The van der Waals surface area contributed by atoms with E-state index in [1.807, 2.05) is 12.3 Å². The number of hydrogen-bond donors (Lipinski definition) is 1. The second-order valence-electron chi connectivity index (χ2n) is 7.16. The SMILES string of the molecule is COc1ccc(C(=O)Nc2nc3cc(C)c(N4CCCCCC4)cn3n2)cc1. The third-order valence-electron chi connectivity index (χ3n) is 5.18. The van der Waals surface area contributed by atoms with Gasteiger partial charge in [-0.3, -0.25) is 10.1 Å². The molecule has 0 aliphatic carbocycles. The summed E-state index contributed by atoms with van der Waals surface area (Å²) in [5, 5.41) is 7.23. The molecule has 1 N–H and O–H groups in total. The summed E-state index contributed by atoms with van der Waals surface area (Å²) in [5.74, 6) is 0.759. The van der Waals surface area contributed by atoms with E-state index in [4.69, 9.17) is 4.74 Å². The van der Waals surface area contributed by atoms with Gasteiger partial charge in [-0.1, -0.05) is 12.8 Å². The minimum Gasteiger partial charge on any atom is -0.497 e. The van der Waals surface area contributed by atoms with Crippen LogP contribution in [0.1, 0.15) is 41.6 Å². The molecule has 7 nitrogen and oxygen atoms in total. The molecule has 7 heteroatoms. The summed E-state index contributed by atoms with van der Waals surface area (Å²) in [5.41, 5.74) is 3.62. The van der Waals surface area contributed by atoms with Gasteiger partial charge in [0.15, 0.2) is 5.65 Å². The zero-order valence-corrected chi connectivity index (χ0v) is 16.3. The van der Waals surface area contributed by atoms with E-state index in [0.29, 0.717) is 17.3 Å². The van der Waals surface area contributed by atoms with E-state index in [1.165, 1.54) is 36.9 Å². The molecule has 146 valence electrons. The van der Waals surface area contributed by atoms with Gasteiger partial charge in [0.2, 0.25) is 5.95 Å². The zero-order valence-electron chi connectivity index (χ0n) is 16.3. The fourth-order valence-electron chi connectivity index (χ4n) is 3.63. The van der Waals surface area contributed by atoms with Crippen LogP contribution in [0.5, 0.6) is 5.75 Å². The summed E-state index contributed by atoms with van der Waals surface area (Å²) in [7, 11) is 1.59. The average molecular weight is 379 g/mol. The molecule has 1 amide bonds. The predicted octanol–water partition coefficient (Wildman–Crippen LogP) is 3.68. The summed E-state index contributed by atoms with van der Waals surface area (Å²) in [6.07, 6.45) is 7.05. The van der Waals surface area contributed by atoms with Crippen molar-refractivity contribution in [3.63, 3.8) is 0 Å². The molecule has 0 radical (unpaired) electrons. The molecule has 2 aromatic heterocycles. The van der Waals surface area contributed by atoms with Crippen molar-refractivity contribution < 1.29 is 9.53 Å². The highest BCUT2D eigenvalue weighted by Gasteiger charge is 2.16. The van der Waals surface area contributed by atoms with Crippen LogP contribution in [0.25, 0.3) is 5.65 Å². The molecule has 0 saturated carbocycles. The highest BCUT2D eigenvalue weighted by atomic mass is 16.5. The number of methoxy groups -OCH3 is 1. The Balaban J connectivity index is 1.56. The molecular formula is C21H25N5O2. The number of aryl methyl sites for hydroxylation is 1. The second kappa shape index (κ2) is 7.88. The largest absolute Gasteiger partial charge is 0.497 e. The first kappa shape index (κ1) is 18.3. The maximum Gasteiger partial charge on any atom is 0.258 e. The second-order valence-corrected chi connectivity index (χ2v) is 7.16. The summed E-state index contributed by atoms with van der Waals surface area (Å²) in [4.78, 5) is 19.3. The molecular weight excluding hydrogens is 354 g/mol. The van der Waals surface area contributed by atoms with Gasteiger partial charge >= 0.3 is 0 Å². The number of hydrogen-bond acceptors (Lipinski definition) is 5. The van der Waals surface area contributed by atoms with Gasteiger partial charge in [0.25, 0.3) is 5.91 Å². The average Bonchev–Trinajstić information content (AvgIpc) is 2.91. The van der Waals surface area contributed by atoms with Crippen LogP contribution in [0.15, 0.2) is 36.5 Å². The first-order valence-electron chi connectivity index (χ1n) is 9.71. The molecule has 4 rings (SSSR count). The number of pyridine rings is 1. The lowest BCUT2D eigenvalue weighted by atomic mass is 10.2. The fourth-order valence-corrected chi connectivity index (χ4v) is 3.63. The standard InChI is InChI=1S/C21H25N5O2/c1-15-13-19-22-21(23-20(27)16-7-9-17(28-2)10-8-16)24-26(19)14-18(15)25-11-5-3-4-6-12-25/h7-10,13-14H,3-6,11-12H2,1-2H3,(H,23,24,27). The molecule has 0 unspecified atom stereocenters. The molecule has 0 spiro atoms. The highest BCUT2D eigenvalue weighted by Crippen LogP contribution is 2.24. The number of amides is 1. The van der Waals surface area contributed by atoms with Gasteiger partial charge in [0, 0.05) is 18.7 Å². The van der Waals surface area contributed by atoms with Gasteiger partial charge in [0.1, 0.15) is 5.75 Å². The number of aromatic nitrogens is 3. The normalized spacial score (nSPS) is 14.7. The lowest BCUT2D eigenvalue weighted by molar-refractivity contribution is 0.102. The number of rotatable bonds is 4. The molecule has 1 aromatic carbocycles. The molecule has 1 fully saturated rings. The summed E-state index contributed by atoms with van der Waals surface area (Å²) in [6.45, 7) is 4.24. The highest BCUT2D eigenvalue weighted by molar-refractivity contribution is 6.03. The Kier molecular flexibility index (Phi) is 5.14. The van der Waals surface area contributed by atoms with Crippen LogP contribution < -0.4 is 15.0 Å². The maximum absolute atomic E-state index is 12.5. The summed E-state index contributed by atoms with van der Waals surface area (Å²) >= 11 is 0. The Hall–Kier alpha value is -3.09. The van der Waals surface area contributed by atoms with Crippen molar-refractivity contribution >= 4 is 23.2 Å². The third-order valence-corrected chi connectivity index (χ3v) is 5.18. The minimum absolute atomic E-state index is 0.247. The van der Waals surface area contributed by atoms with E-state index in [1.54, 1.807) is 35.9 Å². The van der Waals surface area contributed by atoms with Gasteiger partial charge in [-0.15, -0.1) is 5.10 Å². The van der Waals surface area contributed by atoms with Crippen LogP contribution in [0, 0.1) is 6.92 Å². The Bertz CT molecular complexity index is 972. The molecule has 3 heterocycles. The van der Waals surface area contributed by atoms with Gasteiger partial charge in [-0.2, -0.15) is 4.98 Å². The Morgan fingerprint density at radius 3 is 2.50 bits per heavy atom. The smallest absolute Gasteiger partial charge is 0.258 e. The number of benzene rings is 1. The quantitative estimate of drug-likeness (QED) is 0.749. The molecule has 0 bridgehead atoms. The number of ether oxygens (including phenoxy) is 1. The van der Waals surface area contributed by atoms with E-state index >= 15 is 0 Å². The van der Waals surface area contributed by atoms with Crippen LogP contribution in [0.4, 0.5) is 11.6 Å². The third kappa shape index (κ3) is 3.78. The minimum atomic E-state index is -0.247. The molecule has 0 atom stereocenters. The maximum atomic E-state index is 12.5. The molecule has 1 saturated heterocycles. The van der Waals surface area contributed by atoms with Crippen molar-refractivity contribution in [1.29, 1.82) is 0 Å². The molecule has 1 aliphatic heterocycles. The lowest BCUT2D eigenvalue weighted by Gasteiger charge is -2.24. The van der Waals surface area contributed by atoms with Crippen molar-refractivity contribution in [3.05, 3.63) is 47.7 Å². The fraction of sp³-hybridized carbons (Fsp3) is 0.381. The van der Waals surface area contributed by atoms with Crippen molar-refractivity contribution in [1.82, 2.24) is 14.6 Å². The molecule has 1 aliphatic rings. The van der Waals surface area contributed by atoms with Crippen LogP contribution in [0.2, 0.25) is 0 Å². The number of anilines is 2. The Labute approximate surface area is 164 Å². The zero-order chi connectivity index (χ0) is 19.5. The monoisotopic (exact) mass is 379 g/mol. The van der Waals surface area contributed by atoms with E-state index in [2.05, 4.69) is 27.2 Å². The van der Waals surface area contributed by atoms with Crippen LogP contribution >= 0.6 is 0 Å². The van der Waals surface area contributed by atoms with E-state index in [9.17, 15) is 4.79 Å². The Morgan fingerprint density at radius 2 is 1.82 bits per heavy atom. The van der Waals surface area contributed by atoms with Crippen LogP contribution in [-0.2, 0) is 0 Å². The predicted molar refractivity (Wildman–Crippen MR) is 109 cm³/mol. The van der Waals surface area contributed by atoms with Crippen molar-refractivity contribution in [3.8, 4) is 5.75 Å². The van der Waals surface area contributed by atoms with Crippen LogP contribution in [0.3, 0.4) is 0 Å². The van der Waals surface area contributed by atoms with Crippen molar-refractivity contribution in [2.75, 3.05) is 30.4 Å². The van der Waals surface area contributed by atoms with E-state index in [-0.39, 0.29) is 5.91 Å². The van der Waals surface area contributed by atoms with E-state index in [0.717, 1.165) is 18.7 Å². The molecule has 3 aromatic rings. The van der Waals surface area contributed by atoms with Gasteiger partial charge in [-0.25, -0.2) is 4.52 Å². The lowest BCUT2D eigenvalue weighted by Crippen LogP contribution is -2.25. The van der Waals surface area contributed by atoms with E-state index < -0.39 is 0 Å². The van der Waals surface area contributed by atoms with Gasteiger partial charge < -0.3 is 9.64 Å². The molecule has 28 heavy (non-hydrogen) atoms. The first-order chi connectivity index (χ1) is 13.6. The summed E-state index contributed by atoms with van der Waals surface area (Å²) < 4.78 is 6.87. The van der Waals surface area contributed by atoms with Crippen molar-refractivity contribution in [2.24, 2.45) is 0 Å². The van der Waals surface area contributed by atoms with Crippen molar-refractivity contribution in [2.45, 2.75) is 32.6 Å². The number of nitrogens with zero attached hydrogens (tertiary/aromatic N) is 4. The number of carbonyl (C=O) groups excluding carboxylic acids is 1. The van der Waals surface area contributed by atoms with Gasteiger partial charge in [0.05, 0.1) is 19.0 Å². The van der Waals surface area contributed by atoms with Crippen LogP contribution in [-0.4, -0.2) is 40.7 Å². The summed E-state index contributed by atoms with van der Waals surface area (Å²) in [6, 6.07) is 8.96. The Morgan fingerprint density at radius 1 is 1.11 bits per heavy atom. The number of carbonyl (C=O) groups is 1. The number of fused-ring (bicyclic) bond motifs is 1.